The molecule has 1 N–H and O–H groups in total. The normalized spacial score (nSPS) is 25.5. The van der Waals surface area contributed by atoms with Gasteiger partial charge in [-0.05, 0) is 38.3 Å². The van der Waals surface area contributed by atoms with Gasteiger partial charge in [-0.3, -0.25) is 9.59 Å². The fraction of sp³-hybridized carbons (Fsp3) is 0.667. The van der Waals surface area contributed by atoms with Crippen molar-refractivity contribution in [2.45, 2.75) is 51.9 Å². The van der Waals surface area contributed by atoms with E-state index in [2.05, 4.69) is 0 Å². The summed E-state index contributed by atoms with van der Waals surface area (Å²) in [4.78, 5) is 26.2. The van der Waals surface area contributed by atoms with Crippen LogP contribution in [0.2, 0.25) is 0 Å². The van der Waals surface area contributed by atoms with Gasteiger partial charge in [0.05, 0.1) is 12.2 Å². The number of aliphatic hydroxyl groups is 1. The highest BCUT2D eigenvalue weighted by molar-refractivity contribution is 5.76. The second kappa shape index (κ2) is 6.69. The van der Waals surface area contributed by atoms with Crippen LogP contribution in [-0.4, -0.2) is 52.4 Å². The Balaban J connectivity index is 1.60. The lowest BCUT2D eigenvalue weighted by atomic mass is 9.58. The number of carbonyl (C=O) groups is 1. The summed E-state index contributed by atoms with van der Waals surface area (Å²) >= 11 is 0. The maximum Gasteiger partial charge on any atom is 0.251 e. The third-order valence-corrected chi connectivity index (χ3v) is 5.61. The first-order valence-corrected chi connectivity index (χ1v) is 8.71. The third kappa shape index (κ3) is 3.00. The number of hydrogen-bond donors (Lipinski definition) is 1. The molecule has 0 unspecified atom stereocenters. The van der Waals surface area contributed by atoms with Gasteiger partial charge in [0.25, 0.3) is 5.56 Å². The number of aryl methyl sites for hydroxylation is 1. The van der Waals surface area contributed by atoms with Gasteiger partial charge >= 0.3 is 0 Å². The minimum absolute atomic E-state index is 0.0439. The van der Waals surface area contributed by atoms with Crippen molar-refractivity contribution in [1.29, 1.82) is 0 Å². The Bertz CT molecular complexity index is 659. The monoisotopic (exact) mass is 334 g/mol. The molecule has 0 bridgehead atoms. The molecule has 2 heterocycles. The second-order valence-corrected chi connectivity index (χ2v) is 6.98. The van der Waals surface area contributed by atoms with Gasteiger partial charge in [-0.15, -0.1) is 0 Å². The smallest absolute Gasteiger partial charge is 0.251 e. The van der Waals surface area contributed by atoms with Crippen LogP contribution in [-0.2, 0) is 16.1 Å². The molecule has 132 valence electrons. The van der Waals surface area contributed by atoms with Crippen molar-refractivity contribution in [2.75, 3.05) is 19.7 Å². The molecule has 0 aromatic carbocycles. The number of aromatic nitrogens is 1. The SMILES string of the molecule is CCO[C@H]1C[C@H](O)C12CCN(C(=O)Cn1ccc(C)cc1=O)CC2. The molecular weight excluding hydrogens is 308 g/mol. The third-order valence-electron chi connectivity index (χ3n) is 5.61. The molecule has 6 nitrogen and oxygen atoms in total. The van der Waals surface area contributed by atoms with Gasteiger partial charge in [-0.1, -0.05) is 0 Å². The Morgan fingerprint density at radius 2 is 2.12 bits per heavy atom. The zero-order valence-electron chi connectivity index (χ0n) is 14.4. The number of likely N-dealkylation sites (tertiary alicyclic amines) is 1. The fourth-order valence-corrected chi connectivity index (χ4v) is 3.97. The van der Waals surface area contributed by atoms with E-state index in [1.165, 1.54) is 10.6 Å². The Morgan fingerprint density at radius 3 is 2.71 bits per heavy atom. The summed E-state index contributed by atoms with van der Waals surface area (Å²) in [5, 5.41) is 10.2. The van der Waals surface area contributed by atoms with Crippen molar-refractivity contribution < 1.29 is 14.6 Å². The Labute approximate surface area is 142 Å². The van der Waals surface area contributed by atoms with E-state index in [4.69, 9.17) is 4.74 Å². The number of rotatable bonds is 4. The molecule has 1 amide bonds. The summed E-state index contributed by atoms with van der Waals surface area (Å²) in [6.07, 6.45) is 3.66. The molecule has 6 heteroatoms. The molecular formula is C18H26N2O4. The molecule has 2 aliphatic rings. The highest BCUT2D eigenvalue weighted by Crippen LogP contribution is 2.50. The molecule has 1 aromatic heterocycles. The van der Waals surface area contributed by atoms with E-state index in [9.17, 15) is 14.7 Å². The zero-order valence-corrected chi connectivity index (χ0v) is 14.4. The number of pyridine rings is 1. The second-order valence-electron chi connectivity index (χ2n) is 6.98. The molecule has 24 heavy (non-hydrogen) atoms. The van der Waals surface area contributed by atoms with E-state index in [-0.39, 0.29) is 35.6 Å². The molecule has 2 fully saturated rings. The molecule has 3 rings (SSSR count). The average molecular weight is 334 g/mol. The van der Waals surface area contributed by atoms with Crippen LogP contribution in [0.4, 0.5) is 0 Å². The van der Waals surface area contributed by atoms with Gasteiger partial charge < -0.3 is 19.3 Å². The van der Waals surface area contributed by atoms with Crippen molar-refractivity contribution in [1.82, 2.24) is 9.47 Å². The van der Waals surface area contributed by atoms with Gasteiger partial charge in [0.1, 0.15) is 6.54 Å². The summed E-state index contributed by atoms with van der Waals surface area (Å²) in [5.74, 6) is -0.0439. The topological polar surface area (TPSA) is 71.8 Å². The van der Waals surface area contributed by atoms with Crippen molar-refractivity contribution in [3.05, 3.63) is 34.2 Å². The largest absolute Gasteiger partial charge is 0.392 e. The summed E-state index contributed by atoms with van der Waals surface area (Å²) < 4.78 is 7.20. The lowest BCUT2D eigenvalue weighted by Crippen LogP contribution is -2.62. The van der Waals surface area contributed by atoms with E-state index < -0.39 is 0 Å². The van der Waals surface area contributed by atoms with Crippen LogP contribution in [0.25, 0.3) is 0 Å². The zero-order chi connectivity index (χ0) is 17.3. The van der Waals surface area contributed by atoms with Crippen molar-refractivity contribution in [3.8, 4) is 0 Å². The van der Waals surface area contributed by atoms with E-state index in [1.54, 1.807) is 11.1 Å². The molecule has 1 saturated carbocycles. The molecule has 1 aliphatic heterocycles. The lowest BCUT2D eigenvalue weighted by molar-refractivity contribution is -0.210. The molecule has 1 aromatic rings. The minimum atomic E-state index is -0.328. The molecule has 2 atom stereocenters. The highest BCUT2D eigenvalue weighted by Gasteiger charge is 2.56. The number of hydrogen-bond acceptors (Lipinski definition) is 4. The number of ether oxygens (including phenoxy) is 1. The number of aliphatic hydroxyl groups excluding tert-OH is 1. The lowest BCUT2D eigenvalue weighted by Gasteiger charge is -2.56. The van der Waals surface area contributed by atoms with E-state index in [0.717, 1.165) is 18.4 Å². The highest BCUT2D eigenvalue weighted by atomic mass is 16.5. The van der Waals surface area contributed by atoms with Crippen LogP contribution in [0, 0.1) is 12.3 Å². The van der Waals surface area contributed by atoms with Gasteiger partial charge in [0.15, 0.2) is 0 Å². The van der Waals surface area contributed by atoms with Crippen LogP contribution >= 0.6 is 0 Å². The molecule has 1 aliphatic carbocycles. The van der Waals surface area contributed by atoms with E-state index in [0.29, 0.717) is 26.1 Å². The standard InChI is InChI=1S/C18H26N2O4/c1-3-24-15-11-14(21)18(15)5-8-19(9-6-18)17(23)12-20-7-4-13(2)10-16(20)22/h4,7,10,14-15,21H,3,5-6,8-9,11-12H2,1-2H3/t14-,15-/m0/s1. The summed E-state index contributed by atoms with van der Waals surface area (Å²) in [5.41, 5.74) is 0.556. The van der Waals surface area contributed by atoms with E-state index in [1.807, 2.05) is 19.9 Å². The van der Waals surface area contributed by atoms with Gasteiger partial charge in [0.2, 0.25) is 5.91 Å². The van der Waals surface area contributed by atoms with Crippen molar-refractivity contribution in [2.24, 2.45) is 5.41 Å². The Kier molecular flexibility index (Phi) is 4.78. The Hall–Kier alpha value is -1.66. The van der Waals surface area contributed by atoms with Crippen LogP contribution in [0.5, 0.6) is 0 Å². The summed E-state index contributed by atoms with van der Waals surface area (Å²) in [6, 6.07) is 3.37. The summed E-state index contributed by atoms with van der Waals surface area (Å²) in [7, 11) is 0. The quantitative estimate of drug-likeness (QED) is 0.889. The predicted octanol–water partition coefficient (Wildman–Crippen LogP) is 0.935. The maximum absolute atomic E-state index is 12.5. The van der Waals surface area contributed by atoms with Crippen molar-refractivity contribution >= 4 is 5.91 Å². The van der Waals surface area contributed by atoms with E-state index >= 15 is 0 Å². The molecule has 0 radical (unpaired) electrons. The first kappa shape index (κ1) is 17.2. The molecule has 1 spiro atoms. The van der Waals surface area contributed by atoms with Crippen LogP contribution in [0.3, 0.4) is 0 Å². The Morgan fingerprint density at radius 1 is 1.42 bits per heavy atom. The first-order valence-electron chi connectivity index (χ1n) is 8.71. The number of piperidine rings is 1. The maximum atomic E-state index is 12.5. The fourth-order valence-electron chi connectivity index (χ4n) is 3.97. The van der Waals surface area contributed by atoms with Gasteiger partial charge in [-0.25, -0.2) is 0 Å². The molecule has 1 saturated heterocycles. The van der Waals surface area contributed by atoms with Crippen LogP contribution < -0.4 is 5.56 Å². The number of carbonyl (C=O) groups excluding carboxylic acids is 1. The van der Waals surface area contributed by atoms with Gasteiger partial charge in [-0.2, -0.15) is 0 Å². The first-order chi connectivity index (χ1) is 11.5. The van der Waals surface area contributed by atoms with Crippen LogP contribution in [0.1, 0.15) is 31.7 Å². The summed E-state index contributed by atoms with van der Waals surface area (Å²) in [6.45, 7) is 5.77. The average Bonchev–Trinajstić information content (AvgIpc) is 2.57. The predicted molar refractivity (Wildman–Crippen MR) is 89.7 cm³/mol. The van der Waals surface area contributed by atoms with Crippen LogP contribution in [0.15, 0.2) is 23.1 Å². The van der Waals surface area contributed by atoms with Gasteiger partial charge in [0, 0.05) is 43.8 Å². The number of amides is 1. The minimum Gasteiger partial charge on any atom is -0.392 e. The van der Waals surface area contributed by atoms with Crippen molar-refractivity contribution in [3.63, 3.8) is 0 Å². The number of nitrogens with zero attached hydrogens (tertiary/aromatic N) is 2.